The van der Waals surface area contributed by atoms with Crippen LogP contribution < -0.4 is 5.32 Å². The molecule has 140 valence electrons. The largest absolute Gasteiger partial charge is 0.435 e. The van der Waals surface area contributed by atoms with Crippen LogP contribution in [0.25, 0.3) is 11.1 Å². The van der Waals surface area contributed by atoms with Crippen molar-refractivity contribution < 1.29 is 22.4 Å². The topological polar surface area (TPSA) is 46.9 Å². The highest BCUT2D eigenvalue weighted by Gasteiger charge is 2.39. The molecule has 0 unspecified atom stereocenters. The van der Waals surface area contributed by atoms with Gasteiger partial charge in [0.25, 0.3) is 5.91 Å². The Balaban J connectivity index is 2.01. The van der Waals surface area contributed by atoms with Gasteiger partial charge in [0.2, 0.25) is 0 Å². The molecule has 0 saturated heterocycles. The maximum atomic E-state index is 13.7. The number of rotatable bonds is 3. The molecule has 27 heavy (non-hydrogen) atoms. The first-order valence-corrected chi connectivity index (χ1v) is 8.00. The minimum atomic E-state index is -4.79. The fourth-order valence-electron chi connectivity index (χ4n) is 2.57. The standard InChI is InChI=1S/C18H12ClF4N3O/c1-26-9-14(16(25-26)18(21,22)23)17(27)24-15-6-5-12(20)8-13(15)10-3-2-4-11(19)7-10/h2-9H,1H3,(H,24,27). The average Bonchev–Trinajstić information content (AvgIpc) is 2.99. The summed E-state index contributed by atoms with van der Waals surface area (Å²) in [6.45, 7) is 0. The SMILES string of the molecule is Cn1cc(C(=O)Nc2ccc(F)cc2-c2cccc(Cl)c2)c(C(F)(F)F)n1. The van der Waals surface area contributed by atoms with E-state index in [-0.39, 0.29) is 11.3 Å². The Morgan fingerprint density at radius 3 is 2.59 bits per heavy atom. The number of anilines is 1. The van der Waals surface area contributed by atoms with Crippen LogP contribution in [0.4, 0.5) is 23.2 Å². The first-order valence-electron chi connectivity index (χ1n) is 7.63. The average molecular weight is 398 g/mol. The smallest absolute Gasteiger partial charge is 0.321 e. The number of halogens is 5. The quantitative estimate of drug-likeness (QED) is 0.621. The molecule has 0 atom stereocenters. The second-order valence-corrected chi connectivity index (χ2v) is 6.15. The van der Waals surface area contributed by atoms with E-state index in [0.29, 0.717) is 10.6 Å². The normalized spacial score (nSPS) is 11.5. The van der Waals surface area contributed by atoms with Crippen LogP contribution in [0.15, 0.2) is 48.7 Å². The number of aromatic nitrogens is 2. The first kappa shape index (κ1) is 18.9. The summed E-state index contributed by atoms with van der Waals surface area (Å²) < 4.78 is 53.9. The van der Waals surface area contributed by atoms with Crippen LogP contribution in [-0.4, -0.2) is 15.7 Å². The van der Waals surface area contributed by atoms with Gasteiger partial charge in [-0.1, -0.05) is 23.7 Å². The van der Waals surface area contributed by atoms with E-state index in [1.165, 1.54) is 13.1 Å². The molecule has 1 amide bonds. The third-order valence-corrected chi connectivity index (χ3v) is 3.94. The van der Waals surface area contributed by atoms with Crippen LogP contribution >= 0.6 is 11.6 Å². The number of alkyl halides is 3. The number of nitrogens with one attached hydrogen (secondary N) is 1. The van der Waals surface area contributed by atoms with E-state index in [1.54, 1.807) is 24.3 Å². The number of hydrogen-bond donors (Lipinski definition) is 1. The zero-order valence-electron chi connectivity index (χ0n) is 13.8. The Kier molecular flexibility index (Phi) is 4.93. The van der Waals surface area contributed by atoms with E-state index < -0.39 is 29.2 Å². The van der Waals surface area contributed by atoms with Gasteiger partial charge in [0.15, 0.2) is 5.69 Å². The second kappa shape index (κ2) is 7.03. The molecule has 0 aliphatic carbocycles. The summed E-state index contributed by atoms with van der Waals surface area (Å²) in [7, 11) is 1.28. The van der Waals surface area contributed by atoms with Gasteiger partial charge in [0, 0.05) is 29.5 Å². The van der Waals surface area contributed by atoms with Crippen molar-refractivity contribution in [1.29, 1.82) is 0 Å². The molecule has 3 rings (SSSR count). The molecule has 1 aromatic heterocycles. The van der Waals surface area contributed by atoms with Crippen molar-refractivity contribution >= 4 is 23.2 Å². The molecule has 0 bridgehead atoms. The molecule has 3 aromatic rings. The molecule has 4 nitrogen and oxygen atoms in total. The number of hydrogen-bond acceptors (Lipinski definition) is 2. The number of benzene rings is 2. The maximum Gasteiger partial charge on any atom is 0.435 e. The second-order valence-electron chi connectivity index (χ2n) is 5.72. The maximum absolute atomic E-state index is 13.7. The number of nitrogens with zero attached hydrogens (tertiary/aromatic N) is 2. The summed E-state index contributed by atoms with van der Waals surface area (Å²) in [6.07, 6.45) is -3.81. The molecule has 1 N–H and O–H groups in total. The highest BCUT2D eigenvalue weighted by Crippen LogP contribution is 2.33. The predicted octanol–water partition coefficient (Wildman–Crippen LogP) is 5.15. The molecular weight excluding hydrogens is 386 g/mol. The van der Waals surface area contributed by atoms with E-state index in [1.807, 2.05) is 0 Å². The number of aryl methyl sites for hydroxylation is 1. The molecule has 9 heteroatoms. The van der Waals surface area contributed by atoms with Crippen molar-refractivity contribution in [3.63, 3.8) is 0 Å². The highest BCUT2D eigenvalue weighted by atomic mass is 35.5. The van der Waals surface area contributed by atoms with Crippen LogP contribution in [-0.2, 0) is 13.2 Å². The van der Waals surface area contributed by atoms with Crippen LogP contribution in [0.3, 0.4) is 0 Å². The van der Waals surface area contributed by atoms with Gasteiger partial charge in [-0.2, -0.15) is 18.3 Å². The first-order chi connectivity index (χ1) is 12.6. The van der Waals surface area contributed by atoms with Gasteiger partial charge < -0.3 is 5.32 Å². The summed E-state index contributed by atoms with van der Waals surface area (Å²) in [5.74, 6) is -1.58. The van der Waals surface area contributed by atoms with E-state index in [9.17, 15) is 22.4 Å². The monoisotopic (exact) mass is 397 g/mol. The summed E-state index contributed by atoms with van der Waals surface area (Å²) in [5.41, 5.74) is -1.01. The Morgan fingerprint density at radius 2 is 1.93 bits per heavy atom. The number of amides is 1. The molecule has 0 saturated carbocycles. The van der Waals surface area contributed by atoms with Crippen LogP contribution in [0.2, 0.25) is 5.02 Å². The van der Waals surface area contributed by atoms with Crippen molar-refractivity contribution in [3.8, 4) is 11.1 Å². The van der Waals surface area contributed by atoms with Crippen LogP contribution in [0, 0.1) is 5.82 Å². The molecule has 2 aromatic carbocycles. The van der Waals surface area contributed by atoms with Crippen molar-refractivity contribution in [2.75, 3.05) is 5.32 Å². The third kappa shape index (κ3) is 4.11. The van der Waals surface area contributed by atoms with Crippen molar-refractivity contribution in [3.05, 3.63) is 70.8 Å². The lowest BCUT2D eigenvalue weighted by Gasteiger charge is -2.12. The van der Waals surface area contributed by atoms with Crippen molar-refractivity contribution in [2.45, 2.75) is 6.18 Å². The van der Waals surface area contributed by atoms with Crippen molar-refractivity contribution in [2.24, 2.45) is 7.05 Å². The Labute approximate surface area is 156 Å². The summed E-state index contributed by atoms with van der Waals surface area (Å²) in [5, 5.41) is 6.09. The molecule has 0 spiro atoms. The van der Waals surface area contributed by atoms with Gasteiger partial charge in [0.05, 0.1) is 5.56 Å². The molecule has 0 radical (unpaired) electrons. The minimum Gasteiger partial charge on any atom is -0.321 e. The molecule has 0 aliphatic rings. The number of carbonyl (C=O) groups excluding carboxylic acids is 1. The predicted molar refractivity (Wildman–Crippen MR) is 93.0 cm³/mol. The lowest BCUT2D eigenvalue weighted by Crippen LogP contribution is -2.18. The van der Waals surface area contributed by atoms with Gasteiger partial charge in [-0.05, 0) is 35.9 Å². The third-order valence-electron chi connectivity index (χ3n) is 3.71. The summed E-state index contributed by atoms with van der Waals surface area (Å²) in [6, 6.07) is 9.98. The Hall–Kier alpha value is -2.87. The van der Waals surface area contributed by atoms with Crippen LogP contribution in [0.5, 0.6) is 0 Å². The number of carbonyl (C=O) groups is 1. The fraction of sp³-hybridized carbons (Fsp3) is 0.111. The molecule has 0 fully saturated rings. The molecule has 0 aliphatic heterocycles. The minimum absolute atomic E-state index is 0.139. The van der Waals surface area contributed by atoms with E-state index >= 15 is 0 Å². The Morgan fingerprint density at radius 1 is 1.19 bits per heavy atom. The van der Waals surface area contributed by atoms with Crippen LogP contribution in [0.1, 0.15) is 16.1 Å². The van der Waals surface area contributed by atoms with E-state index in [0.717, 1.165) is 23.0 Å². The lowest BCUT2D eigenvalue weighted by molar-refractivity contribution is -0.141. The van der Waals surface area contributed by atoms with Gasteiger partial charge in [-0.3, -0.25) is 9.48 Å². The van der Waals surface area contributed by atoms with Gasteiger partial charge in [-0.15, -0.1) is 0 Å². The Bertz CT molecular complexity index is 1010. The van der Waals surface area contributed by atoms with E-state index in [2.05, 4.69) is 10.4 Å². The van der Waals surface area contributed by atoms with Crippen molar-refractivity contribution in [1.82, 2.24) is 9.78 Å². The van der Waals surface area contributed by atoms with Gasteiger partial charge in [0.1, 0.15) is 5.82 Å². The zero-order chi connectivity index (χ0) is 19.8. The molecule has 1 heterocycles. The summed E-state index contributed by atoms with van der Waals surface area (Å²) in [4.78, 5) is 12.4. The van der Waals surface area contributed by atoms with Gasteiger partial charge in [-0.25, -0.2) is 4.39 Å². The highest BCUT2D eigenvalue weighted by molar-refractivity contribution is 6.30. The fourth-order valence-corrected chi connectivity index (χ4v) is 2.76. The zero-order valence-corrected chi connectivity index (χ0v) is 14.6. The summed E-state index contributed by atoms with van der Waals surface area (Å²) >= 11 is 5.95. The molecular formula is C18H12ClF4N3O. The lowest BCUT2D eigenvalue weighted by atomic mass is 10.0. The van der Waals surface area contributed by atoms with E-state index in [4.69, 9.17) is 11.6 Å². The van der Waals surface area contributed by atoms with Gasteiger partial charge >= 0.3 is 6.18 Å².